The van der Waals surface area contributed by atoms with Crippen LogP contribution in [0.2, 0.25) is 0 Å². The molecule has 0 aliphatic heterocycles. The molecule has 1 heterocycles. The van der Waals surface area contributed by atoms with E-state index in [-0.39, 0.29) is 12.8 Å². The number of carbonyl (C=O) groups is 2. The maximum absolute atomic E-state index is 9.99. The summed E-state index contributed by atoms with van der Waals surface area (Å²) in [6.07, 6.45) is 5.16. The van der Waals surface area contributed by atoms with Crippen LogP contribution in [0.1, 0.15) is 12.8 Å². The Kier molecular flexibility index (Phi) is 6.53. The molecule has 0 saturated heterocycles. The smallest absolute Gasteiger partial charge is 0.320 e. The zero-order valence-electron chi connectivity index (χ0n) is 8.91. The second kappa shape index (κ2) is 7.41. The van der Waals surface area contributed by atoms with Crippen molar-refractivity contribution in [2.75, 3.05) is 0 Å². The predicted molar refractivity (Wildman–Crippen MR) is 55.7 cm³/mol. The van der Waals surface area contributed by atoms with Gasteiger partial charge in [0.2, 0.25) is 0 Å². The SMILES string of the molecule is Cn1ccnc1.NC(CCC(=O)O)C(=O)O. The summed E-state index contributed by atoms with van der Waals surface area (Å²) in [6, 6.07) is -1.06. The summed E-state index contributed by atoms with van der Waals surface area (Å²) in [6.45, 7) is 0. The summed E-state index contributed by atoms with van der Waals surface area (Å²) < 4.78 is 1.89. The molecule has 0 aliphatic carbocycles. The highest BCUT2D eigenvalue weighted by molar-refractivity contribution is 5.74. The van der Waals surface area contributed by atoms with Crippen LogP contribution in [0.3, 0.4) is 0 Å². The molecule has 4 N–H and O–H groups in total. The second-order valence-corrected chi connectivity index (χ2v) is 3.11. The van der Waals surface area contributed by atoms with E-state index in [9.17, 15) is 9.59 Å². The van der Waals surface area contributed by atoms with E-state index in [0.29, 0.717) is 0 Å². The van der Waals surface area contributed by atoms with Gasteiger partial charge >= 0.3 is 11.9 Å². The molecule has 1 unspecified atom stereocenters. The van der Waals surface area contributed by atoms with Crippen molar-refractivity contribution in [3.8, 4) is 0 Å². The van der Waals surface area contributed by atoms with Crippen LogP contribution in [-0.4, -0.2) is 37.7 Å². The number of nitrogens with zero attached hydrogens (tertiary/aromatic N) is 2. The minimum Gasteiger partial charge on any atom is -0.481 e. The molecule has 1 aromatic rings. The van der Waals surface area contributed by atoms with Gasteiger partial charge in [0, 0.05) is 25.9 Å². The standard InChI is InChI=1S/C5H9NO4.C4H6N2/c6-3(5(9)10)1-2-4(7)8;1-6-3-2-5-4-6/h3H,1-2,6H2,(H,7,8)(H,9,10);2-4H,1H3. The molecule has 0 amide bonds. The summed E-state index contributed by atoms with van der Waals surface area (Å²) in [4.78, 5) is 23.7. The first-order valence-corrected chi connectivity index (χ1v) is 4.55. The van der Waals surface area contributed by atoms with Crippen LogP contribution in [0.15, 0.2) is 18.7 Å². The second-order valence-electron chi connectivity index (χ2n) is 3.11. The Morgan fingerprint density at radius 3 is 2.38 bits per heavy atom. The average molecular weight is 229 g/mol. The predicted octanol–water partition coefficient (Wildman–Crippen LogP) is -0.317. The Bertz CT molecular complexity index is 324. The number of aliphatic carboxylic acids is 2. The third kappa shape index (κ3) is 7.51. The largest absolute Gasteiger partial charge is 0.481 e. The lowest BCUT2D eigenvalue weighted by molar-refractivity contribution is -0.139. The van der Waals surface area contributed by atoms with Gasteiger partial charge in [-0.25, -0.2) is 4.98 Å². The maximum atomic E-state index is 9.99. The zero-order valence-corrected chi connectivity index (χ0v) is 8.91. The lowest BCUT2D eigenvalue weighted by atomic mass is 10.2. The van der Waals surface area contributed by atoms with Crippen molar-refractivity contribution in [2.24, 2.45) is 12.8 Å². The van der Waals surface area contributed by atoms with Crippen LogP contribution < -0.4 is 5.73 Å². The normalized spacial score (nSPS) is 11.1. The van der Waals surface area contributed by atoms with Crippen LogP contribution in [0, 0.1) is 0 Å². The van der Waals surface area contributed by atoms with Gasteiger partial charge in [0.05, 0.1) is 6.33 Å². The highest BCUT2D eigenvalue weighted by atomic mass is 16.4. The van der Waals surface area contributed by atoms with E-state index in [0.717, 1.165) is 0 Å². The van der Waals surface area contributed by atoms with Gasteiger partial charge in [-0.2, -0.15) is 0 Å². The van der Waals surface area contributed by atoms with Crippen molar-refractivity contribution in [2.45, 2.75) is 18.9 Å². The number of imidazole rings is 1. The first-order valence-electron chi connectivity index (χ1n) is 4.55. The zero-order chi connectivity index (χ0) is 12.6. The van der Waals surface area contributed by atoms with E-state index in [2.05, 4.69) is 4.98 Å². The lowest BCUT2D eigenvalue weighted by Crippen LogP contribution is -2.30. The summed E-state index contributed by atoms with van der Waals surface area (Å²) in [7, 11) is 1.94. The first kappa shape index (κ1) is 14.1. The van der Waals surface area contributed by atoms with Gasteiger partial charge in [-0.1, -0.05) is 0 Å². The Morgan fingerprint density at radius 1 is 1.50 bits per heavy atom. The Morgan fingerprint density at radius 2 is 2.12 bits per heavy atom. The van der Waals surface area contributed by atoms with E-state index in [1.807, 2.05) is 17.8 Å². The van der Waals surface area contributed by atoms with E-state index in [1.54, 1.807) is 12.5 Å². The Labute approximate surface area is 92.5 Å². The Balaban J connectivity index is 0.000000315. The molecule has 1 atom stereocenters. The van der Waals surface area contributed by atoms with E-state index >= 15 is 0 Å². The third-order valence-electron chi connectivity index (χ3n) is 1.62. The van der Waals surface area contributed by atoms with Gasteiger partial charge in [0.25, 0.3) is 0 Å². The van der Waals surface area contributed by atoms with Gasteiger partial charge in [-0.3, -0.25) is 9.59 Å². The van der Waals surface area contributed by atoms with Crippen LogP contribution in [0.4, 0.5) is 0 Å². The maximum Gasteiger partial charge on any atom is 0.320 e. The number of rotatable bonds is 4. The van der Waals surface area contributed by atoms with E-state index in [1.165, 1.54) is 0 Å². The van der Waals surface area contributed by atoms with Crippen molar-refractivity contribution in [1.82, 2.24) is 9.55 Å². The third-order valence-corrected chi connectivity index (χ3v) is 1.62. The highest BCUT2D eigenvalue weighted by Crippen LogP contribution is 1.93. The fourth-order valence-electron chi connectivity index (χ4n) is 0.728. The monoisotopic (exact) mass is 229 g/mol. The summed E-state index contributed by atoms with van der Waals surface area (Å²) in [5.74, 6) is -2.20. The Hall–Kier alpha value is -1.89. The molecular formula is C9H15N3O4. The van der Waals surface area contributed by atoms with Crippen LogP contribution in [0.5, 0.6) is 0 Å². The topological polar surface area (TPSA) is 118 Å². The number of carboxylic acids is 2. The first-order chi connectivity index (χ1) is 7.43. The van der Waals surface area contributed by atoms with Crippen LogP contribution in [-0.2, 0) is 16.6 Å². The van der Waals surface area contributed by atoms with Gasteiger partial charge in [-0.15, -0.1) is 0 Å². The summed E-state index contributed by atoms with van der Waals surface area (Å²) in [5.41, 5.74) is 5.00. The lowest BCUT2D eigenvalue weighted by Gasteiger charge is -2.01. The average Bonchev–Trinajstić information content (AvgIpc) is 2.66. The highest BCUT2D eigenvalue weighted by Gasteiger charge is 2.12. The minimum absolute atomic E-state index is 0.0231. The molecule has 0 fully saturated rings. The molecule has 1 rings (SSSR count). The number of hydrogen-bond donors (Lipinski definition) is 3. The van der Waals surface area contributed by atoms with E-state index in [4.69, 9.17) is 15.9 Å². The quantitative estimate of drug-likeness (QED) is 0.651. The van der Waals surface area contributed by atoms with Crippen molar-refractivity contribution >= 4 is 11.9 Å². The van der Waals surface area contributed by atoms with E-state index < -0.39 is 18.0 Å². The number of carboxylic acid groups (broad SMARTS) is 2. The number of aromatic nitrogens is 2. The number of nitrogens with two attached hydrogens (primary N) is 1. The molecule has 1 aromatic heterocycles. The van der Waals surface area contributed by atoms with Gasteiger partial charge in [0.1, 0.15) is 6.04 Å². The summed E-state index contributed by atoms with van der Waals surface area (Å²) in [5, 5.41) is 16.3. The molecule has 16 heavy (non-hydrogen) atoms. The number of hydrogen-bond acceptors (Lipinski definition) is 4. The fourth-order valence-corrected chi connectivity index (χ4v) is 0.728. The van der Waals surface area contributed by atoms with Crippen LogP contribution in [0.25, 0.3) is 0 Å². The van der Waals surface area contributed by atoms with Crippen molar-refractivity contribution in [3.05, 3.63) is 18.7 Å². The molecule has 0 aromatic carbocycles. The summed E-state index contributed by atoms with van der Waals surface area (Å²) >= 11 is 0. The molecule has 0 radical (unpaired) electrons. The van der Waals surface area contributed by atoms with Gasteiger partial charge in [-0.05, 0) is 6.42 Å². The number of aryl methyl sites for hydroxylation is 1. The fraction of sp³-hybridized carbons (Fsp3) is 0.444. The molecular weight excluding hydrogens is 214 g/mol. The van der Waals surface area contributed by atoms with Crippen LogP contribution >= 0.6 is 0 Å². The molecule has 0 aliphatic rings. The molecule has 0 saturated carbocycles. The van der Waals surface area contributed by atoms with Crippen molar-refractivity contribution in [3.63, 3.8) is 0 Å². The van der Waals surface area contributed by atoms with Crippen molar-refractivity contribution in [1.29, 1.82) is 0 Å². The molecule has 0 spiro atoms. The molecule has 7 heteroatoms. The molecule has 7 nitrogen and oxygen atoms in total. The van der Waals surface area contributed by atoms with Crippen molar-refractivity contribution < 1.29 is 19.8 Å². The van der Waals surface area contributed by atoms with Gasteiger partial charge < -0.3 is 20.5 Å². The minimum atomic E-state index is -1.17. The van der Waals surface area contributed by atoms with Gasteiger partial charge in [0.15, 0.2) is 0 Å². The molecule has 0 bridgehead atoms. The molecule has 90 valence electrons.